The van der Waals surface area contributed by atoms with Crippen LogP contribution in [0, 0.1) is 0 Å². The van der Waals surface area contributed by atoms with Crippen LogP contribution in [0.5, 0.6) is 5.75 Å². The Morgan fingerprint density at radius 1 is 1.50 bits per heavy atom. The number of aliphatic hydroxyl groups is 1. The molecule has 0 aliphatic carbocycles. The zero-order valence-electron chi connectivity index (χ0n) is 8.49. The van der Waals surface area contributed by atoms with Gasteiger partial charge in [0, 0.05) is 6.42 Å². The molecule has 0 saturated heterocycles. The van der Waals surface area contributed by atoms with Crippen LogP contribution in [0.25, 0.3) is 0 Å². The summed E-state index contributed by atoms with van der Waals surface area (Å²) in [5.74, 6) is 0.984. The van der Waals surface area contributed by atoms with E-state index in [2.05, 4.69) is 13.0 Å². The normalized spacial score (nSPS) is 16.1. The summed E-state index contributed by atoms with van der Waals surface area (Å²) in [5, 5.41) is 9.81. The Morgan fingerprint density at radius 3 is 3.14 bits per heavy atom. The average Bonchev–Trinajstić information content (AvgIpc) is 2.64. The Kier molecular flexibility index (Phi) is 2.73. The van der Waals surface area contributed by atoms with Crippen molar-refractivity contribution < 1.29 is 9.84 Å². The van der Waals surface area contributed by atoms with E-state index in [1.165, 1.54) is 5.56 Å². The quantitative estimate of drug-likeness (QED) is 0.797. The van der Waals surface area contributed by atoms with Gasteiger partial charge in [-0.3, -0.25) is 0 Å². The predicted octanol–water partition coefficient (Wildman–Crippen LogP) is 2.46. The van der Waals surface area contributed by atoms with Crippen molar-refractivity contribution in [3.05, 3.63) is 29.3 Å². The minimum absolute atomic E-state index is 0.314. The Labute approximate surface area is 84.5 Å². The van der Waals surface area contributed by atoms with Gasteiger partial charge in [-0.25, -0.2) is 0 Å². The molecule has 0 amide bonds. The van der Waals surface area contributed by atoms with Crippen molar-refractivity contribution in [2.24, 2.45) is 0 Å². The van der Waals surface area contributed by atoms with E-state index in [0.717, 1.165) is 37.2 Å². The molecule has 0 bridgehead atoms. The van der Waals surface area contributed by atoms with Crippen LogP contribution in [0.3, 0.4) is 0 Å². The minimum Gasteiger partial charge on any atom is -0.493 e. The van der Waals surface area contributed by atoms with Crippen LogP contribution in [0.1, 0.15) is 37.0 Å². The third-order valence-electron chi connectivity index (χ3n) is 2.66. The highest BCUT2D eigenvalue weighted by atomic mass is 16.5. The van der Waals surface area contributed by atoms with Crippen LogP contribution in [-0.4, -0.2) is 11.7 Å². The number of ether oxygens (including phenoxy) is 1. The maximum atomic E-state index is 9.81. The van der Waals surface area contributed by atoms with Crippen molar-refractivity contribution >= 4 is 0 Å². The monoisotopic (exact) mass is 192 g/mol. The molecule has 0 radical (unpaired) electrons. The predicted molar refractivity (Wildman–Crippen MR) is 55.5 cm³/mol. The van der Waals surface area contributed by atoms with Crippen LogP contribution in [-0.2, 0) is 6.42 Å². The molecule has 0 aromatic heterocycles. The average molecular weight is 192 g/mol. The van der Waals surface area contributed by atoms with Gasteiger partial charge in [0.15, 0.2) is 0 Å². The van der Waals surface area contributed by atoms with E-state index < -0.39 is 0 Å². The molecule has 1 N–H and O–H groups in total. The van der Waals surface area contributed by atoms with Gasteiger partial charge in [-0.2, -0.15) is 0 Å². The second-order valence-electron chi connectivity index (χ2n) is 3.77. The lowest BCUT2D eigenvalue weighted by Crippen LogP contribution is -1.96. The second-order valence-corrected chi connectivity index (χ2v) is 3.77. The van der Waals surface area contributed by atoms with Crippen molar-refractivity contribution in [3.8, 4) is 5.75 Å². The summed E-state index contributed by atoms with van der Waals surface area (Å²) in [7, 11) is 0. The van der Waals surface area contributed by atoms with Crippen LogP contribution >= 0.6 is 0 Å². The molecule has 2 rings (SSSR count). The zero-order valence-corrected chi connectivity index (χ0v) is 8.49. The van der Waals surface area contributed by atoms with Gasteiger partial charge < -0.3 is 9.84 Å². The molecule has 2 nitrogen and oxygen atoms in total. The van der Waals surface area contributed by atoms with Gasteiger partial charge >= 0.3 is 0 Å². The first kappa shape index (κ1) is 9.53. The number of rotatable bonds is 3. The van der Waals surface area contributed by atoms with Crippen LogP contribution < -0.4 is 4.74 Å². The molecule has 0 saturated carbocycles. The number of aliphatic hydroxyl groups excluding tert-OH is 1. The molecule has 76 valence electrons. The van der Waals surface area contributed by atoms with Crippen LogP contribution in [0.4, 0.5) is 0 Å². The summed E-state index contributed by atoms with van der Waals surface area (Å²) < 4.78 is 5.41. The van der Waals surface area contributed by atoms with Gasteiger partial charge in [-0.05, 0) is 29.7 Å². The lowest BCUT2D eigenvalue weighted by atomic mass is 10.0. The number of hydrogen-bond acceptors (Lipinski definition) is 2. The fourth-order valence-electron chi connectivity index (χ4n) is 1.85. The molecule has 1 aliphatic rings. The lowest BCUT2D eigenvalue weighted by molar-refractivity contribution is 0.166. The third-order valence-corrected chi connectivity index (χ3v) is 2.66. The van der Waals surface area contributed by atoms with Gasteiger partial charge in [0.05, 0.1) is 12.7 Å². The highest BCUT2D eigenvalue weighted by molar-refractivity contribution is 5.40. The molecule has 2 heteroatoms. The second kappa shape index (κ2) is 4.01. The molecule has 1 aromatic carbocycles. The fraction of sp³-hybridized carbons (Fsp3) is 0.500. The summed E-state index contributed by atoms with van der Waals surface area (Å²) in [6.45, 7) is 2.86. The van der Waals surface area contributed by atoms with Crippen LogP contribution in [0.15, 0.2) is 18.2 Å². The molecule has 1 aromatic rings. The van der Waals surface area contributed by atoms with E-state index in [4.69, 9.17) is 4.74 Å². The van der Waals surface area contributed by atoms with Gasteiger partial charge in [-0.1, -0.05) is 19.4 Å². The van der Waals surface area contributed by atoms with E-state index in [1.807, 2.05) is 12.1 Å². The summed E-state index contributed by atoms with van der Waals surface area (Å²) in [6.07, 6.45) is 2.50. The van der Waals surface area contributed by atoms with E-state index in [9.17, 15) is 5.11 Å². The summed E-state index contributed by atoms with van der Waals surface area (Å²) >= 11 is 0. The lowest BCUT2D eigenvalue weighted by Gasteiger charge is -2.10. The number of hydrogen-bond donors (Lipinski definition) is 1. The maximum Gasteiger partial charge on any atom is 0.122 e. The Morgan fingerprint density at radius 2 is 2.36 bits per heavy atom. The molecule has 1 unspecified atom stereocenters. The van der Waals surface area contributed by atoms with Crippen molar-refractivity contribution in [2.45, 2.75) is 32.3 Å². The molecule has 1 atom stereocenters. The van der Waals surface area contributed by atoms with Crippen molar-refractivity contribution in [2.75, 3.05) is 6.61 Å². The Balaban J connectivity index is 2.19. The van der Waals surface area contributed by atoms with E-state index in [1.54, 1.807) is 0 Å². The maximum absolute atomic E-state index is 9.81. The standard InChI is InChI=1S/C12H16O2/c1-2-3-11(13)9-4-5-12-10(8-9)6-7-14-12/h4-5,8,11,13H,2-3,6-7H2,1H3. The molecule has 14 heavy (non-hydrogen) atoms. The van der Waals surface area contributed by atoms with Crippen molar-refractivity contribution in [1.82, 2.24) is 0 Å². The first-order valence-corrected chi connectivity index (χ1v) is 5.25. The van der Waals surface area contributed by atoms with Crippen LogP contribution in [0.2, 0.25) is 0 Å². The van der Waals surface area contributed by atoms with Gasteiger partial charge in [0.25, 0.3) is 0 Å². The number of fused-ring (bicyclic) bond motifs is 1. The smallest absolute Gasteiger partial charge is 0.122 e. The fourth-order valence-corrected chi connectivity index (χ4v) is 1.85. The summed E-state index contributed by atoms with van der Waals surface area (Å²) in [4.78, 5) is 0. The molecular weight excluding hydrogens is 176 g/mol. The largest absolute Gasteiger partial charge is 0.493 e. The zero-order chi connectivity index (χ0) is 9.97. The SMILES string of the molecule is CCCC(O)c1ccc2c(c1)CCO2. The molecule has 0 fully saturated rings. The molecular formula is C12H16O2. The molecule has 1 heterocycles. The van der Waals surface area contributed by atoms with E-state index in [-0.39, 0.29) is 6.10 Å². The first-order valence-electron chi connectivity index (χ1n) is 5.25. The Bertz CT molecular complexity index is 320. The minimum atomic E-state index is -0.314. The third kappa shape index (κ3) is 1.75. The highest BCUT2D eigenvalue weighted by Crippen LogP contribution is 2.29. The summed E-state index contributed by atoms with van der Waals surface area (Å²) in [5.41, 5.74) is 2.26. The molecule has 1 aliphatic heterocycles. The summed E-state index contributed by atoms with van der Waals surface area (Å²) in [6, 6.07) is 6.00. The topological polar surface area (TPSA) is 29.5 Å². The van der Waals surface area contributed by atoms with Crippen molar-refractivity contribution in [1.29, 1.82) is 0 Å². The number of benzene rings is 1. The Hall–Kier alpha value is -1.02. The highest BCUT2D eigenvalue weighted by Gasteiger charge is 2.14. The van der Waals surface area contributed by atoms with E-state index in [0.29, 0.717) is 0 Å². The van der Waals surface area contributed by atoms with Gasteiger partial charge in [0.2, 0.25) is 0 Å². The van der Waals surface area contributed by atoms with Gasteiger partial charge in [0.1, 0.15) is 5.75 Å². The first-order chi connectivity index (χ1) is 6.81. The van der Waals surface area contributed by atoms with Crippen molar-refractivity contribution in [3.63, 3.8) is 0 Å². The molecule has 0 spiro atoms. The van der Waals surface area contributed by atoms with E-state index >= 15 is 0 Å². The van der Waals surface area contributed by atoms with Gasteiger partial charge in [-0.15, -0.1) is 0 Å².